The molecule has 2 heteroatoms. The number of hydrogen-bond donors (Lipinski definition) is 2. The van der Waals surface area contributed by atoms with Crippen molar-refractivity contribution in [3.63, 3.8) is 0 Å². The largest absolute Gasteiger partial charge is 0.330 e. The number of nitrogens with one attached hydrogen (secondary N) is 1. The van der Waals surface area contributed by atoms with E-state index in [4.69, 9.17) is 5.73 Å². The van der Waals surface area contributed by atoms with Crippen molar-refractivity contribution in [1.29, 1.82) is 0 Å². The Labute approximate surface area is 346 Å². The summed E-state index contributed by atoms with van der Waals surface area (Å²) in [4.78, 5) is 0. The van der Waals surface area contributed by atoms with Gasteiger partial charge in [0.25, 0.3) is 0 Å². The topological polar surface area (TPSA) is 38.0 Å². The maximum atomic E-state index is 6.59. The zero-order valence-corrected chi connectivity index (χ0v) is 35.9. The average Bonchev–Trinajstić information content (AvgIpc) is 3.26. The molecule has 6 atom stereocenters. The summed E-state index contributed by atoms with van der Waals surface area (Å²) in [5.41, 5.74) is 18.9. The van der Waals surface area contributed by atoms with Gasteiger partial charge in [0.05, 0.1) is 0 Å². The molecule has 2 nitrogen and oxygen atoms in total. The molecule has 0 spiro atoms. The lowest BCUT2D eigenvalue weighted by molar-refractivity contribution is 0.127. The first kappa shape index (κ1) is 41.7. The SMILES string of the molecule is CCC/C=C(\CCC)CCCC(CN)C1=c2ccccc2=C(/C(C)=C/C=C(\CNC2CCCC3CCCCC32)C2CCC(c3ccccc3)c3ccccc32)CC1. The highest BCUT2D eigenvalue weighted by Crippen LogP contribution is 2.46. The summed E-state index contributed by atoms with van der Waals surface area (Å²) in [6, 6.07) is 30.6. The molecule has 0 aliphatic heterocycles. The minimum absolute atomic E-state index is 0.437. The fourth-order valence-corrected chi connectivity index (χ4v) is 11.7. The van der Waals surface area contributed by atoms with Gasteiger partial charge in [0.1, 0.15) is 0 Å². The second kappa shape index (κ2) is 21.0. The van der Waals surface area contributed by atoms with Crippen LogP contribution >= 0.6 is 0 Å². The van der Waals surface area contributed by atoms with Crippen molar-refractivity contribution in [1.82, 2.24) is 5.32 Å². The van der Waals surface area contributed by atoms with Gasteiger partial charge in [0.2, 0.25) is 0 Å². The molecule has 0 amide bonds. The molecule has 304 valence electrons. The lowest BCUT2D eigenvalue weighted by Gasteiger charge is -2.42. The van der Waals surface area contributed by atoms with E-state index in [2.05, 4.69) is 123 Å². The Morgan fingerprint density at radius 1 is 0.754 bits per heavy atom. The van der Waals surface area contributed by atoms with Crippen LogP contribution < -0.4 is 21.5 Å². The minimum atomic E-state index is 0.437. The Kier molecular flexibility index (Phi) is 15.4. The molecule has 0 saturated heterocycles. The Bertz CT molecular complexity index is 1960. The zero-order valence-electron chi connectivity index (χ0n) is 35.9. The Morgan fingerprint density at radius 2 is 1.51 bits per heavy atom. The predicted molar refractivity (Wildman–Crippen MR) is 246 cm³/mol. The summed E-state index contributed by atoms with van der Waals surface area (Å²) in [7, 11) is 0. The molecule has 0 radical (unpaired) electrons. The molecular formula is C55H74N2. The average molecular weight is 763 g/mol. The number of unbranched alkanes of at least 4 members (excludes halogenated alkanes) is 1. The van der Waals surface area contributed by atoms with E-state index in [0.717, 1.165) is 37.8 Å². The molecular weight excluding hydrogens is 689 g/mol. The third kappa shape index (κ3) is 10.2. The molecule has 7 rings (SSSR count). The maximum Gasteiger partial charge on any atom is 0.0176 e. The van der Waals surface area contributed by atoms with E-state index in [1.807, 2.05) is 0 Å². The van der Waals surface area contributed by atoms with Crippen molar-refractivity contribution in [3.05, 3.63) is 141 Å². The van der Waals surface area contributed by atoms with Crippen LogP contribution in [0.1, 0.15) is 165 Å². The smallest absolute Gasteiger partial charge is 0.0176 e. The van der Waals surface area contributed by atoms with Gasteiger partial charge in [-0.25, -0.2) is 0 Å². The Balaban J connectivity index is 1.19. The molecule has 0 aromatic heterocycles. The second-order valence-corrected chi connectivity index (χ2v) is 18.2. The summed E-state index contributed by atoms with van der Waals surface area (Å²) in [6.07, 6.45) is 30.7. The van der Waals surface area contributed by atoms with Gasteiger partial charge in [-0.05, 0) is 146 Å². The number of hydrogen-bond acceptors (Lipinski definition) is 2. The number of nitrogens with two attached hydrogens (primary N) is 1. The highest BCUT2D eigenvalue weighted by atomic mass is 14.9. The molecule has 57 heavy (non-hydrogen) atoms. The lowest BCUT2D eigenvalue weighted by atomic mass is 9.68. The van der Waals surface area contributed by atoms with E-state index in [9.17, 15) is 0 Å². The number of benzene rings is 3. The first-order valence-electron chi connectivity index (χ1n) is 23.5. The van der Waals surface area contributed by atoms with Gasteiger partial charge in [-0.15, -0.1) is 0 Å². The fourth-order valence-electron chi connectivity index (χ4n) is 11.7. The van der Waals surface area contributed by atoms with Gasteiger partial charge in [-0.2, -0.15) is 0 Å². The Hall–Kier alpha value is -3.46. The van der Waals surface area contributed by atoms with Crippen LogP contribution in [0.2, 0.25) is 0 Å². The molecule has 2 fully saturated rings. The molecule has 2 saturated carbocycles. The van der Waals surface area contributed by atoms with Gasteiger partial charge < -0.3 is 11.1 Å². The standard InChI is InChI=1S/C55H74N2/c1-4-6-19-41(18-5-2)20-16-25-44(38-56)48-35-34-46(51-27-12-13-29-53(48)51)40(3)32-33-45(39-57-55-31-17-24-43-23-10-11-26-50(43)55)49-37-36-47(42-21-8-7-9-22-42)52-28-14-15-30-54(49)52/h7-9,12-15,19,21-22,27-30,32-33,43-44,47,49-50,55,57H,4-6,10-11,16-18,20,23-26,31,34-39,56H2,1-3H3/b40-32+,41-19+,45-33+. The van der Waals surface area contributed by atoms with Gasteiger partial charge in [-0.1, -0.05) is 167 Å². The van der Waals surface area contributed by atoms with Crippen LogP contribution in [0, 0.1) is 17.8 Å². The summed E-state index contributed by atoms with van der Waals surface area (Å²) in [6.45, 7) is 8.71. The van der Waals surface area contributed by atoms with Crippen molar-refractivity contribution >= 4 is 11.1 Å². The van der Waals surface area contributed by atoms with E-state index >= 15 is 0 Å². The van der Waals surface area contributed by atoms with Crippen molar-refractivity contribution in [3.8, 4) is 0 Å². The third-order valence-corrected chi connectivity index (χ3v) is 14.7. The van der Waals surface area contributed by atoms with Crippen molar-refractivity contribution < 1.29 is 0 Å². The van der Waals surface area contributed by atoms with Crippen LogP contribution in [0.25, 0.3) is 11.1 Å². The summed E-state index contributed by atoms with van der Waals surface area (Å²) >= 11 is 0. The van der Waals surface area contributed by atoms with Gasteiger partial charge >= 0.3 is 0 Å². The highest BCUT2D eigenvalue weighted by molar-refractivity contribution is 5.69. The normalized spacial score (nSPS) is 24.8. The van der Waals surface area contributed by atoms with E-state index in [0.29, 0.717) is 23.8 Å². The first-order chi connectivity index (χ1) is 28.1. The van der Waals surface area contributed by atoms with Crippen LogP contribution in [-0.4, -0.2) is 19.1 Å². The van der Waals surface area contributed by atoms with Crippen molar-refractivity contribution in [2.45, 2.75) is 154 Å². The summed E-state index contributed by atoms with van der Waals surface area (Å²) in [5, 5.41) is 7.15. The first-order valence-corrected chi connectivity index (χ1v) is 23.5. The monoisotopic (exact) mass is 763 g/mol. The Morgan fingerprint density at radius 3 is 2.32 bits per heavy atom. The van der Waals surface area contributed by atoms with E-state index in [1.165, 1.54) is 135 Å². The van der Waals surface area contributed by atoms with E-state index in [-0.39, 0.29) is 0 Å². The quantitative estimate of drug-likeness (QED) is 0.106. The van der Waals surface area contributed by atoms with E-state index < -0.39 is 0 Å². The number of allylic oxidation sites excluding steroid dienone is 5. The summed E-state index contributed by atoms with van der Waals surface area (Å²) < 4.78 is 0. The molecule has 3 N–H and O–H groups in total. The molecule has 6 unspecified atom stereocenters. The molecule has 3 aromatic carbocycles. The predicted octanol–water partition coefficient (Wildman–Crippen LogP) is 12.6. The number of rotatable bonds is 17. The van der Waals surface area contributed by atoms with Crippen LogP contribution in [-0.2, 0) is 0 Å². The minimum Gasteiger partial charge on any atom is -0.330 e. The molecule has 0 heterocycles. The van der Waals surface area contributed by atoms with Crippen LogP contribution in [0.3, 0.4) is 0 Å². The maximum absolute atomic E-state index is 6.59. The van der Waals surface area contributed by atoms with Gasteiger partial charge in [0.15, 0.2) is 0 Å². The van der Waals surface area contributed by atoms with E-state index in [1.54, 1.807) is 22.3 Å². The second-order valence-electron chi connectivity index (χ2n) is 18.2. The van der Waals surface area contributed by atoms with Gasteiger partial charge in [0, 0.05) is 24.4 Å². The van der Waals surface area contributed by atoms with Crippen molar-refractivity contribution in [2.24, 2.45) is 23.5 Å². The van der Waals surface area contributed by atoms with Crippen molar-refractivity contribution in [2.75, 3.05) is 13.1 Å². The molecule has 4 aliphatic rings. The molecule has 4 aliphatic carbocycles. The third-order valence-electron chi connectivity index (χ3n) is 14.7. The van der Waals surface area contributed by atoms with Gasteiger partial charge in [-0.3, -0.25) is 0 Å². The summed E-state index contributed by atoms with van der Waals surface area (Å²) in [5.74, 6) is 3.16. The lowest BCUT2D eigenvalue weighted by Crippen LogP contribution is -2.45. The fraction of sp³-hybridized carbons (Fsp3) is 0.527. The molecule has 3 aromatic rings. The highest BCUT2D eigenvalue weighted by Gasteiger charge is 2.35. The van der Waals surface area contributed by atoms with Crippen LogP contribution in [0.5, 0.6) is 0 Å². The van der Waals surface area contributed by atoms with Crippen LogP contribution in [0.15, 0.2) is 114 Å². The van der Waals surface area contributed by atoms with Crippen LogP contribution in [0.4, 0.5) is 0 Å². The number of fused-ring (bicyclic) bond motifs is 3. The molecule has 0 bridgehead atoms. The zero-order chi connectivity index (χ0) is 39.4.